The zero-order valence-corrected chi connectivity index (χ0v) is 14.0. The first-order chi connectivity index (χ1) is 10.8. The zero-order chi connectivity index (χ0) is 14.9. The third-order valence-electron chi connectivity index (χ3n) is 4.59. The van der Waals surface area contributed by atoms with Crippen LogP contribution in [-0.4, -0.2) is 23.0 Å². The van der Waals surface area contributed by atoms with Gasteiger partial charge in [0.2, 0.25) is 0 Å². The summed E-state index contributed by atoms with van der Waals surface area (Å²) in [7, 11) is 0. The normalized spacial score (nSPS) is 17.3. The highest BCUT2D eigenvalue weighted by Crippen LogP contribution is 2.31. The van der Waals surface area contributed by atoms with Crippen LogP contribution in [0.3, 0.4) is 0 Å². The predicted octanol–water partition coefficient (Wildman–Crippen LogP) is 5.26. The molecule has 1 aromatic carbocycles. The number of hydrogen-bond acceptors (Lipinski definition) is 2. The maximum Gasteiger partial charge on any atom is 0.0931 e. The molecule has 0 atom stereocenters. The van der Waals surface area contributed by atoms with E-state index in [0.29, 0.717) is 5.92 Å². The predicted molar refractivity (Wildman–Crippen MR) is 94.9 cm³/mol. The number of piperidine rings is 1. The van der Waals surface area contributed by atoms with E-state index in [1.54, 1.807) is 11.3 Å². The molecule has 0 unspecified atom stereocenters. The van der Waals surface area contributed by atoms with Gasteiger partial charge in [-0.05, 0) is 55.6 Å². The van der Waals surface area contributed by atoms with Gasteiger partial charge in [0.05, 0.1) is 4.34 Å². The first-order valence-corrected chi connectivity index (χ1v) is 9.01. The van der Waals surface area contributed by atoms with Crippen molar-refractivity contribution in [3.8, 4) is 0 Å². The van der Waals surface area contributed by atoms with Crippen LogP contribution in [0.1, 0.15) is 29.3 Å². The Balaban J connectivity index is 1.40. The summed E-state index contributed by atoms with van der Waals surface area (Å²) in [4.78, 5) is 7.51. The van der Waals surface area contributed by atoms with E-state index in [1.165, 1.54) is 34.3 Å². The Labute approximate surface area is 139 Å². The lowest BCUT2D eigenvalue weighted by atomic mass is 9.93. The molecule has 3 aromatic rings. The van der Waals surface area contributed by atoms with E-state index in [1.807, 2.05) is 6.07 Å². The molecule has 1 aliphatic rings. The summed E-state index contributed by atoms with van der Waals surface area (Å²) >= 11 is 7.71. The molecule has 0 bridgehead atoms. The van der Waals surface area contributed by atoms with Crippen LogP contribution in [-0.2, 0) is 6.54 Å². The third kappa shape index (κ3) is 2.94. The summed E-state index contributed by atoms with van der Waals surface area (Å²) < 4.78 is 0.892. The van der Waals surface area contributed by atoms with Crippen molar-refractivity contribution in [1.29, 1.82) is 0 Å². The van der Waals surface area contributed by atoms with Gasteiger partial charge >= 0.3 is 0 Å². The zero-order valence-electron chi connectivity index (χ0n) is 12.4. The standard InChI is InChI=1S/C18H19ClN2S/c19-18-6-5-15(22-18)12-21-9-7-13(8-10-21)17-11-14-3-1-2-4-16(14)20-17/h1-6,11,13,20H,7-10,12H2. The molecule has 2 nitrogen and oxygen atoms in total. The average molecular weight is 331 g/mol. The van der Waals surface area contributed by atoms with Crippen LogP contribution in [0.5, 0.6) is 0 Å². The second kappa shape index (κ2) is 6.07. The molecule has 0 spiro atoms. The van der Waals surface area contributed by atoms with Crippen LogP contribution in [0.15, 0.2) is 42.5 Å². The van der Waals surface area contributed by atoms with Crippen molar-refractivity contribution in [1.82, 2.24) is 9.88 Å². The molecule has 0 saturated carbocycles. The minimum Gasteiger partial charge on any atom is -0.358 e. The summed E-state index contributed by atoms with van der Waals surface area (Å²) in [5, 5.41) is 1.33. The molecule has 22 heavy (non-hydrogen) atoms. The minimum absolute atomic E-state index is 0.663. The van der Waals surface area contributed by atoms with Gasteiger partial charge in [-0.1, -0.05) is 29.8 Å². The highest BCUT2D eigenvalue weighted by molar-refractivity contribution is 7.16. The molecule has 1 fully saturated rings. The summed E-state index contributed by atoms with van der Waals surface area (Å²) in [5.74, 6) is 0.663. The molecule has 4 rings (SSSR count). The van der Waals surface area contributed by atoms with Crippen LogP contribution < -0.4 is 0 Å². The smallest absolute Gasteiger partial charge is 0.0931 e. The van der Waals surface area contributed by atoms with Gasteiger partial charge in [-0.15, -0.1) is 11.3 Å². The summed E-state index contributed by atoms with van der Waals surface area (Å²) in [6.07, 6.45) is 2.46. The number of nitrogens with zero attached hydrogens (tertiary/aromatic N) is 1. The van der Waals surface area contributed by atoms with Gasteiger partial charge in [-0.3, -0.25) is 4.90 Å². The number of para-hydroxylation sites is 1. The summed E-state index contributed by atoms with van der Waals surface area (Å²) in [6.45, 7) is 3.36. The van der Waals surface area contributed by atoms with E-state index in [9.17, 15) is 0 Å². The van der Waals surface area contributed by atoms with Crippen molar-refractivity contribution in [3.63, 3.8) is 0 Å². The third-order valence-corrected chi connectivity index (χ3v) is 5.80. The lowest BCUT2D eigenvalue weighted by molar-refractivity contribution is 0.205. The Kier molecular flexibility index (Phi) is 3.95. The number of halogens is 1. The molecule has 0 aliphatic carbocycles. The largest absolute Gasteiger partial charge is 0.358 e. The molecular formula is C18H19ClN2S. The number of fused-ring (bicyclic) bond motifs is 1. The maximum absolute atomic E-state index is 6.02. The van der Waals surface area contributed by atoms with Crippen LogP contribution in [0.2, 0.25) is 4.34 Å². The van der Waals surface area contributed by atoms with Crippen LogP contribution in [0.4, 0.5) is 0 Å². The fourth-order valence-electron chi connectivity index (χ4n) is 3.37. The van der Waals surface area contributed by atoms with E-state index in [-0.39, 0.29) is 0 Å². The van der Waals surface area contributed by atoms with Crippen molar-refractivity contribution in [2.24, 2.45) is 0 Å². The highest BCUT2D eigenvalue weighted by atomic mass is 35.5. The van der Waals surface area contributed by atoms with Crippen LogP contribution in [0.25, 0.3) is 10.9 Å². The van der Waals surface area contributed by atoms with Crippen LogP contribution in [0, 0.1) is 0 Å². The van der Waals surface area contributed by atoms with Crippen molar-refractivity contribution >= 4 is 33.8 Å². The first-order valence-electron chi connectivity index (χ1n) is 7.82. The van der Waals surface area contributed by atoms with Crippen molar-refractivity contribution < 1.29 is 0 Å². The number of aromatic amines is 1. The Morgan fingerprint density at radius 1 is 1.14 bits per heavy atom. The Hall–Kier alpha value is -1.29. The number of benzene rings is 1. The molecule has 2 aromatic heterocycles. The Bertz CT molecular complexity index is 735. The second-order valence-corrected chi connectivity index (χ2v) is 7.87. The van der Waals surface area contributed by atoms with Gasteiger partial charge in [0.1, 0.15) is 0 Å². The summed E-state index contributed by atoms with van der Waals surface area (Å²) in [6, 6.07) is 15.0. The Morgan fingerprint density at radius 2 is 1.95 bits per heavy atom. The number of H-pyrrole nitrogens is 1. The van der Waals surface area contributed by atoms with E-state index < -0.39 is 0 Å². The van der Waals surface area contributed by atoms with Crippen LogP contribution >= 0.6 is 22.9 Å². The molecule has 4 heteroatoms. The van der Waals surface area contributed by atoms with Gasteiger partial charge < -0.3 is 4.98 Å². The lowest BCUT2D eigenvalue weighted by Crippen LogP contribution is -2.32. The molecule has 114 valence electrons. The minimum atomic E-state index is 0.663. The highest BCUT2D eigenvalue weighted by Gasteiger charge is 2.22. The quantitative estimate of drug-likeness (QED) is 0.693. The van der Waals surface area contributed by atoms with E-state index in [2.05, 4.69) is 46.3 Å². The monoisotopic (exact) mass is 330 g/mol. The SMILES string of the molecule is Clc1ccc(CN2CCC(c3cc4ccccc4[nH]3)CC2)s1. The molecule has 0 amide bonds. The van der Waals surface area contributed by atoms with E-state index in [0.717, 1.165) is 24.0 Å². The van der Waals surface area contributed by atoms with E-state index in [4.69, 9.17) is 11.6 Å². The van der Waals surface area contributed by atoms with Crippen molar-refractivity contribution in [2.45, 2.75) is 25.3 Å². The van der Waals surface area contributed by atoms with Gasteiger partial charge in [-0.25, -0.2) is 0 Å². The summed E-state index contributed by atoms with van der Waals surface area (Å²) in [5.41, 5.74) is 2.66. The van der Waals surface area contributed by atoms with Crippen molar-refractivity contribution in [3.05, 3.63) is 57.4 Å². The van der Waals surface area contributed by atoms with Gasteiger partial charge in [0.25, 0.3) is 0 Å². The van der Waals surface area contributed by atoms with Crippen molar-refractivity contribution in [2.75, 3.05) is 13.1 Å². The number of thiophene rings is 1. The fourth-order valence-corrected chi connectivity index (χ4v) is 4.50. The number of nitrogens with one attached hydrogen (secondary N) is 1. The number of aromatic nitrogens is 1. The molecule has 3 heterocycles. The maximum atomic E-state index is 6.02. The van der Waals surface area contributed by atoms with Gasteiger partial charge in [-0.2, -0.15) is 0 Å². The molecular weight excluding hydrogens is 312 g/mol. The molecule has 0 radical (unpaired) electrons. The number of rotatable bonds is 3. The van der Waals surface area contributed by atoms with Gasteiger partial charge in [0.15, 0.2) is 0 Å². The lowest BCUT2D eigenvalue weighted by Gasteiger charge is -2.31. The Morgan fingerprint density at radius 3 is 2.68 bits per heavy atom. The molecule has 1 aliphatic heterocycles. The van der Waals surface area contributed by atoms with E-state index >= 15 is 0 Å². The molecule has 1 saturated heterocycles. The fraction of sp³-hybridized carbons (Fsp3) is 0.333. The number of hydrogen-bond donors (Lipinski definition) is 1. The van der Waals surface area contributed by atoms with Gasteiger partial charge in [0, 0.05) is 28.6 Å². The molecule has 1 N–H and O–H groups in total. The number of likely N-dealkylation sites (tertiary alicyclic amines) is 1. The first kappa shape index (κ1) is 14.3. The second-order valence-electron chi connectivity index (χ2n) is 6.07. The topological polar surface area (TPSA) is 19.0 Å². The average Bonchev–Trinajstić information content (AvgIpc) is 3.14.